The molecule has 0 aromatic rings. The first-order valence-electron chi connectivity index (χ1n) is 5.42. The molecule has 0 spiro atoms. The normalized spacial score (nSPS) is 15.1. The first-order valence-corrected chi connectivity index (χ1v) is 6.47. The van der Waals surface area contributed by atoms with E-state index in [-0.39, 0.29) is 12.4 Å². The molecule has 0 heterocycles. The van der Waals surface area contributed by atoms with E-state index in [1.54, 1.807) is 18.7 Å². The highest BCUT2D eigenvalue weighted by Crippen LogP contribution is 2.20. The van der Waals surface area contributed by atoms with Crippen LogP contribution in [0.3, 0.4) is 0 Å². The highest BCUT2D eigenvalue weighted by Gasteiger charge is 2.14. The van der Waals surface area contributed by atoms with Gasteiger partial charge in [-0.25, -0.2) is 0 Å². The number of carbonyl (C=O) groups is 1. The van der Waals surface area contributed by atoms with Gasteiger partial charge in [0.05, 0.1) is 19.1 Å². The van der Waals surface area contributed by atoms with Gasteiger partial charge in [-0.2, -0.15) is 11.8 Å². The van der Waals surface area contributed by atoms with Gasteiger partial charge >= 0.3 is 5.97 Å². The first-order chi connectivity index (χ1) is 6.97. The van der Waals surface area contributed by atoms with E-state index in [2.05, 4.69) is 20.8 Å². The van der Waals surface area contributed by atoms with Crippen LogP contribution in [0.2, 0.25) is 0 Å². The van der Waals surface area contributed by atoms with Crippen molar-refractivity contribution >= 4 is 17.7 Å². The van der Waals surface area contributed by atoms with Crippen molar-refractivity contribution in [2.24, 2.45) is 5.92 Å². The molecule has 0 aliphatic rings. The van der Waals surface area contributed by atoms with Gasteiger partial charge in [-0.15, -0.1) is 0 Å². The number of hydrogen-bond acceptors (Lipinski definition) is 4. The van der Waals surface area contributed by atoms with Crippen molar-refractivity contribution in [1.29, 1.82) is 0 Å². The number of hydrogen-bond donors (Lipinski definition) is 1. The van der Waals surface area contributed by atoms with Crippen LogP contribution in [-0.2, 0) is 9.53 Å². The standard InChI is InChI=1S/C11H22O3S/c1-5-14-11(13)6-10(12)7-15-9(4)8(2)3/h8-10,12H,5-7H2,1-4H3. The van der Waals surface area contributed by atoms with Crippen molar-refractivity contribution in [2.45, 2.75) is 45.5 Å². The molecule has 0 aliphatic heterocycles. The van der Waals surface area contributed by atoms with Gasteiger partial charge in [-0.05, 0) is 12.8 Å². The Labute approximate surface area is 96.6 Å². The lowest BCUT2D eigenvalue weighted by molar-refractivity contribution is -0.144. The molecule has 3 nitrogen and oxygen atoms in total. The Hall–Kier alpha value is -0.220. The van der Waals surface area contributed by atoms with Crippen LogP contribution >= 0.6 is 11.8 Å². The predicted octanol–water partition coefficient (Wildman–Crippen LogP) is 2.08. The second-order valence-corrected chi connectivity index (χ2v) is 5.36. The lowest BCUT2D eigenvalue weighted by atomic mass is 10.2. The smallest absolute Gasteiger partial charge is 0.308 e. The highest BCUT2D eigenvalue weighted by atomic mass is 32.2. The summed E-state index contributed by atoms with van der Waals surface area (Å²) < 4.78 is 4.76. The molecular weight excluding hydrogens is 212 g/mol. The van der Waals surface area contributed by atoms with E-state index in [1.165, 1.54) is 0 Å². The molecule has 0 radical (unpaired) electrons. The number of carbonyl (C=O) groups excluding carboxylic acids is 1. The van der Waals surface area contributed by atoms with E-state index < -0.39 is 6.10 Å². The van der Waals surface area contributed by atoms with E-state index in [9.17, 15) is 9.90 Å². The van der Waals surface area contributed by atoms with Crippen molar-refractivity contribution in [1.82, 2.24) is 0 Å². The average Bonchev–Trinajstić information content (AvgIpc) is 2.14. The maximum Gasteiger partial charge on any atom is 0.308 e. The maximum absolute atomic E-state index is 11.0. The monoisotopic (exact) mass is 234 g/mol. The van der Waals surface area contributed by atoms with Crippen LogP contribution in [0.25, 0.3) is 0 Å². The van der Waals surface area contributed by atoms with Gasteiger partial charge in [0, 0.05) is 11.0 Å². The Morgan fingerprint density at radius 2 is 2.00 bits per heavy atom. The van der Waals surface area contributed by atoms with E-state index in [4.69, 9.17) is 4.74 Å². The Bertz CT molecular complexity index is 183. The van der Waals surface area contributed by atoms with Crippen molar-refractivity contribution in [3.63, 3.8) is 0 Å². The van der Waals surface area contributed by atoms with Crippen LogP contribution in [0.4, 0.5) is 0 Å². The molecular formula is C11H22O3S. The van der Waals surface area contributed by atoms with Gasteiger partial charge in [0.2, 0.25) is 0 Å². The average molecular weight is 234 g/mol. The second-order valence-electron chi connectivity index (χ2n) is 3.95. The molecule has 0 fully saturated rings. The molecule has 4 heteroatoms. The van der Waals surface area contributed by atoms with Crippen molar-refractivity contribution in [3.05, 3.63) is 0 Å². The molecule has 0 rings (SSSR count). The summed E-state index contributed by atoms with van der Waals surface area (Å²) in [4.78, 5) is 11.0. The zero-order valence-corrected chi connectivity index (χ0v) is 10.8. The molecule has 2 atom stereocenters. The van der Waals surface area contributed by atoms with E-state index in [1.807, 2.05) is 0 Å². The Balaban J connectivity index is 3.65. The van der Waals surface area contributed by atoms with Crippen molar-refractivity contribution < 1.29 is 14.6 Å². The van der Waals surface area contributed by atoms with Gasteiger partial charge in [0.25, 0.3) is 0 Å². The summed E-state index contributed by atoms with van der Waals surface area (Å²) >= 11 is 1.69. The molecule has 2 unspecified atom stereocenters. The predicted molar refractivity (Wildman–Crippen MR) is 64.0 cm³/mol. The number of aliphatic hydroxyl groups excluding tert-OH is 1. The highest BCUT2D eigenvalue weighted by molar-refractivity contribution is 7.99. The zero-order chi connectivity index (χ0) is 11.8. The number of ether oxygens (including phenoxy) is 1. The second kappa shape index (κ2) is 7.99. The minimum absolute atomic E-state index is 0.103. The maximum atomic E-state index is 11.0. The molecule has 1 N–H and O–H groups in total. The van der Waals surface area contributed by atoms with Crippen LogP contribution < -0.4 is 0 Å². The van der Waals surface area contributed by atoms with E-state index >= 15 is 0 Å². The van der Waals surface area contributed by atoms with Crippen molar-refractivity contribution in [2.75, 3.05) is 12.4 Å². The number of thioether (sulfide) groups is 1. The van der Waals surface area contributed by atoms with E-state index in [0.29, 0.717) is 23.5 Å². The third kappa shape index (κ3) is 7.68. The fourth-order valence-electron chi connectivity index (χ4n) is 0.927. The fourth-order valence-corrected chi connectivity index (χ4v) is 1.95. The minimum atomic E-state index is -0.588. The topological polar surface area (TPSA) is 46.5 Å². The third-order valence-electron chi connectivity index (χ3n) is 2.20. The molecule has 0 bridgehead atoms. The minimum Gasteiger partial charge on any atom is -0.466 e. The van der Waals surface area contributed by atoms with Crippen molar-refractivity contribution in [3.8, 4) is 0 Å². The molecule has 90 valence electrons. The number of aliphatic hydroxyl groups is 1. The van der Waals surface area contributed by atoms with Crippen LogP contribution in [0, 0.1) is 5.92 Å². The number of esters is 1. The van der Waals surface area contributed by atoms with Gasteiger partial charge in [-0.1, -0.05) is 20.8 Å². The summed E-state index contributed by atoms with van der Waals surface area (Å²) in [6.45, 7) is 8.57. The summed E-state index contributed by atoms with van der Waals surface area (Å²) in [7, 11) is 0. The lowest BCUT2D eigenvalue weighted by Crippen LogP contribution is -2.20. The zero-order valence-electron chi connectivity index (χ0n) is 10.0. The summed E-state index contributed by atoms with van der Waals surface area (Å²) in [5.74, 6) is 0.866. The Morgan fingerprint density at radius 1 is 1.40 bits per heavy atom. The van der Waals surface area contributed by atoms with Gasteiger partial charge < -0.3 is 9.84 Å². The molecule has 0 amide bonds. The lowest BCUT2D eigenvalue weighted by Gasteiger charge is -2.17. The summed E-state index contributed by atoms with van der Waals surface area (Å²) in [6, 6.07) is 0. The van der Waals surface area contributed by atoms with Crippen LogP contribution in [0.5, 0.6) is 0 Å². The molecule has 0 aromatic heterocycles. The molecule has 0 aromatic carbocycles. The summed E-state index contributed by atoms with van der Waals surface area (Å²) in [6.07, 6.45) is -0.485. The molecule has 15 heavy (non-hydrogen) atoms. The molecule has 0 saturated heterocycles. The Kier molecular flexibility index (Phi) is 7.88. The van der Waals surface area contributed by atoms with Gasteiger partial charge in [0.15, 0.2) is 0 Å². The Morgan fingerprint density at radius 3 is 2.47 bits per heavy atom. The first kappa shape index (κ1) is 14.8. The molecule has 0 saturated carbocycles. The fraction of sp³-hybridized carbons (Fsp3) is 0.909. The SMILES string of the molecule is CCOC(=O)CC(O)CSC(C)C(C)C. The van der Waals surface area contributed by atoms with Crippen LogP contribution in [0.1, 0.15) is 34.1 Å². The van der Waals surface area contributed by atoms with Crippen LogP contribution in [0.15, 0.2) is 0 Å². The molecule has 0 aliphatic carbocycles. The van der Waals surface area contributed by atoms with Gasteiger partial charge in [0.1, 0.15) is 0 Å². The summed E-state index contributed by atoms with van der Waals surface area (Å²) in [5, 5.41) is 10.1. The largest absolute Gasteiger partial charge is 0.466 e. The third-order valence-corrected chi connectivity index (χ3v) is 3.85. The van der Waals surface area contributed by atoms with Crippen LogP contribution in [-0.4, -0.2) is 34.8 Å². The summed E-state index contributed by atoms with van der Waals surface area (Å²) in [5.41, 5.74) is 0. The van der Waals surface area contributed by atoms with Gasteiger partial charge in [-0.3, -0.25) is 4.79 Å². The van der Waals surface area contributed by atoms with E-state index in [0.717, 1.165) is 0 Å². The number of rotatable bonds is 7. The quantitative estimate of drug-likeness (QED) is 0.685.